The predicted molar refractivity (Wildman–Crippen MR) is 81.0 cm³/mol. The van der Waals surface area contributed by atoms with Crippen molar-refractivity contribution in [1.29, 1.82) is 0 Å². The summed E-state index contributed by atoms with van der Waals surface area (Å²) in [4.78, 5) is 2.36. The van der Waals surface area contributed by atoms with Crippen LogP contribution in [0.5, 0.6) is 0 Å². The van der Waals surface area contributed by atoms with Gasteiger partial charge in [0.2, 0.25) is 0 Å². The quantitative estimate of drug-likeness (QED) is 0.843. The first-order valence-corrected chi connectivity index (χ1v) is 7.49. The van der Waals surface area contributed by atoms with Gasteiger partial charge in [-0.2, -0.15) is 0 Å². The van der Waals surface area contributed by atoms with E-state index in [0.29, 0.717) is 6.04 Å². The Kier molecular flexibility index (Phi) is 3.85. The molecule has 0 aliphatic carbocycles. The largest absolute Gasteiger partial charge is 0.399 e. The van der Waals surface area contributed by atoms with E-state index in [0.717, 1.165) is 51.2 Å². The normalized spacial score (nSPS) is 25.6. The molecule has 1 aromatic carbocycles. The fourth-order valence-electron chi connectivity index (χ4n) is 3.38. The Morgan fingerprint density at radius 3 is 2.80 bits per heavy atom. The van der Waals surface area contributed by atoms with E-state index in [1.165, 1.54) is 5.69 Å². The summed E-state index contributed by atoms with van der Waals surface area (Å²) in [5.74, 6) is 0. The molecule has 1 unspecified atom stereocenters. The van der Waals surface area contributed by atoms with Crippen LogP contribution in [0.2, 0.25) is 0 Å². The van der Waals surface area contributed by atoms with Gasteiger partial charge in [-0.15, -0.1) is 0 Å². The van der Waals surface area contributed by atoms with Crippen molar-refractivity contribution in [3.8, 4) is 0 Å². The number of nitrogen functional groups attached to an aromatic ring is 1. The van der Waals surface area contributed by atoms with Crippen molar-refractivity contribution in [1.82, 2.24) is 0 Å². The predicted octanol–water partition coefficient (Wildman–Crippen LogP) is 2.43. The molecule has 4 heteroatoms. The highest BCUT2D eigenvalue weighted by Gasteiger charge is 2.40. The van der Waals surface area contributed by atoms with Gasteiger partial charge in [-0.3, -0.25) is 0 Å². The summed E-state index contributed by atoms with van der Waals surface area (Å²) in [6.45, 7) is 2.50. The average Bonchev–Trinajstić information content (AvgIpc) is 2.47. The highest BCUT2D eigenvalue weighted by atomic mass is 16.5. The Labute approximate surface area is 120 Å². The Hall–Kier alpha value is -1.26. The van der Waals surface area contributed by atoms with E-state index in [2.05, 4.69) is 18.0 Å². The molecule has 0 bridgehead atoms. The number of hydrogen-bond donors (Lipinski definition) is 1. The summed E-state index contributed by atoms with van der Waals surface area (Å²) in [5, 5.41) is 0. The van der Waals surface area contributed by atoms with Gasteiger partial charge in [0.05, 0.1) is 5.60 Å². The van der Waals surface area contributed by atoms with Crippen LogP contribution >= 0.6 is 0 Å². The second-order valence-corrected chi connectivity index (χ2v) is 6.00. The molecule has 1 spiro atoms. The minimum Gasteiger partial charge on any atom is -0.399 e. The highest BCUT2D eigenvalue weighted by molar-refractivity contribution is 5.56. The van der Waals surface area contributed by atoms with Crippen molar-refractivity contribution >= 4 is 11.4 Å². The molecule has 0 amide bonds. The van der Waals surface area contributed by atoms with Crippen LogP contribution in [0.15, 0.2) is 24.3 Å². The van der Waals surface area contributed by atoms with Gasteiger partial charge >= 0.3 is 0 Å². The van der Waals surface area contributed by atoms with Crippen molar-refractivity contribution in [3.63, 3.8) is 0 Å². The zero-order valence-corrected chi connectivity index (χ0v) is 12.2. The first-order valence-electron chi connectivity index (χ1n) is 7.49. The standard InChI is InChI=1S/C16H24N2O2/c1-18(14-4-2-3-13(17)11-14)15-5-8-20-16(12-15)6-9-19-10-7-16/h2-4,11,15H,5-10,12,17H2,1H3. The molecule has 2 N–H and O–H groups in total. The van der Waals surface area contributed by atoms with E-state index in [9.17, 15) is 0 Å². The second kappa shape index (κ2) is 5.62. The molecule has 110 valence electrons. The second-order valence-electron chi connectivity index (χ2n) is 6.00. The van der Waals surface area contributed by atoms with E-state index in [-0.39, 0.29) is 5.60 Å². The van der Waals surface area contributed by atoms with Gasteiger partial charge in [0, 0.05) is 44.3 Å². The lowest BCUT2D eigenvalue weighted by Crippen LogP contribution is -2.50. The van der Waals surface area contributed by atoms with E-state index < -0.39 is 0 Å². The highest BCUT2D eigenvalue weighted by Crippen LogP contribution is 2.37. The average molecular weight is 276 g/mol. The van der Waals surface area contributed by atoms with Crippen LogP contribution < -0.4 is 10.6 Å². The molecular weight excluding hydrogens is 252 g/mol. The van der Waals surface area contributed by atoms with Gasteiger partial charge in [-0.1, -0.05) is 6.07 Å². The monoisotopic (exact) mass is 276 g/mol. The summed E-state index contributed by atoms with van der Waals surface area (Å²) >= 11 is 0. The Bertz CT molecular complexity index is 452. The molecule has 2 saturated heterocycles. The summed E-state index contributed by atoms with van der Waals surface area (Å²) in [6, 6.07) is 8.64. The van der Waals surface area contributed by atoms with Crippen LogP contribution in [0.3, 0.4) is 0 Å². The van der Waals surface area contributed by atoms with Crippen LogP contribution in [-0.2, 0) is 9.47 Å². The number of benzene rings is 1. The van der Waals surface area contributed by atoms with Gasteiger partial charge in [0.1, 0.15) is 0 Å². The Morgan fingerprint density at radius 1 is 1.25 bits per heavy atom. The number of anilines is 2. The van der Waals surface area contributed by atoms with Gasteiger partial charge in [-0.25, -0.2) is 0 Å². The fraction of sp³-hybridized carbons (Fsp3) is 0.625. The lowest BCUT2D eigenvalue weighted by atomic mass is 9.83. The first-order chi connectivity index (χ1) is 9.69. The summed E-state index contributed by atoms with van der Waals surface area (Å²) in [7, 11) is 2.16. The molecule has 1 aromatic rings. The number of ether oxygens (including phenoxy) is 2. The van der Waals surface area contributed by atoms with Gasteiger partial charge in [0.25, 0.3) is 0 Å². The maximum Gasteiger partial charge on any atom is 0.0745 e. The maximum absolute atomic E-state index is 6.12. The lowest BCUT2D eigenvalue weighted by Gasteiger charge is -2.46. The molecule has 4 nitrogen and oxygen atoms in total. The van der Waals surface area contributed by atoms with Crippen molar-refractivity contribution in [3.05, 3.63) is 24.3 Å². The van der Waals surface area contributed by atoms with E-state index >= 15 is 0 Å². The molecule has 2 heterocycles. The van der Waals surface area contributed by atoms with Gasteiger partial charge < -0.3 is 20.1 Å². The number of nitrogens with two attached hydrogens (primary N) is 1. The minimum atomic E-state index is 0.0375. The zero-order valence-electron chi connectivity index (χ0n) is 12.2. The van der Waals surface area contributed by atoms with Crippen molar-refractivity contribution in [2.75, 3.05) is 37.5 Å². The zero-order chi connectivity index (χ0) is 14.0. The Balaban J connectivity index is 1.73. The van der Waals surface area contributed by atoms with E-state index in [1.54, 1.807) is 0 Å². The fourth-order valence-corrected chi connectivity index (χ4v) is 3.38. The molecular formula is C16H24N2O2. The molecule has 0 saturated carbocycles. The van der Waals surface area contributed by atoms with Crippen LogP contribution in [0.1, 0.15) is 25.7 Å². The third kappa shape index (κ3) is 2.76. The number of hydrogen-bond acceptors (Lipinski definition) is 4. The molecule has 2 fully saturated rings. The topological polar surface area (TPSA) is 47.7 Å². The third-order valence-electron chi connectivity index (χ3n) is 4.70. The smallest absolute Gasteiger partial charge is 0.0745 e. The molecule has 0 radical (unpaired) electrons. The molecule has 3 rings (SSSR count). The number of nitrogens with zero attached hydrogens (tertiary/aromatic N) is 1. The minimum absolute atomic E-state index is 0.0375. The SMILES string of the molecule is CN(c1cccc(N)c1)C1CCOC2(CCOCC2)C1. The first kappa shape index (κ1) is 13.7. The summed E-state index contributed by atoms with van der Waals surface area (Å²) in [6.07, 6.45) is 4.21. The van der Waals surface area contributed by atoms with Gasteiger partial charge in [0.15, 0.2) is 0 Å². The number of rotatable bonds is 2. The maximum atomic E-state index is 6.12. The molecule has 0 aromatic heterocycles. The molecule has 2 aliphatic rings. The summed E-state index contributed by atoms with van der Waals surface area (Å²) in [5.41, 5.74) is 7.95. The van der Waals surface area contributed by atoms with E-state index in [4.69, 9.17) is 15.2 Å². The molecule has 1 atom stereocenters. The molecule has 20 heavy (non-hydrogen) atoms. The molecule has 2 aliphatic heterocycles. The van der Waals surface area contributed by atoms with Crippen LogP contribution in [0.25, 0.3) is 0 Å². The lowest BCUT2D eigenvalue weighted by molar-refractivity contribution is -0.137. The summed E-state index contributed by atoms with van der Waals surface area (Å²) < 4.78 is 11.6. The van der Waals surface area contributed by atoms with Crippen molar-refractivity contribution < 1.29 is 9.47 Å². The van der Waals surface area contributed by atoms with Gasteiger partial charge in [-0.05, 0) is 43.9 Å². The van der Waals surface area contributed by atoms with Crippen LogP contribution in [0, 0.1) is 0 Å². The van der Waals surface area contributed by atoms with Crippen LogP contribution in [-0.4, -0.2) is 38.5 Å². The van der Waals surface area contributed by atoms with Crippen LogP contribution in [0.4, 0.5) is 11.4 Å². The van der Waals surface area contributed by atoms with Crippen molar-refractivity contribution in [2.45, 2.75) is 37.3 Å². The van der Waals surface area contributed by atoms with Crippen molar-refractivity contribution in [2.24, 2.45) is 0 Å². The van der Waals surface area contributed by atoms with E-state index in [1.807, 2.05) is 18.2 Å². The third-order valence-corrected chi connectivity index (χ3v) is 4.70. The Morgan fingerprint density at radius 2 is 2.05 bits per heavy atom.